The summed E-state index contributed by atoms with van der Waals surface area (Å²) >= 11 is 0. The van der Waals surface area contributed by atoms with Crippen molar-refractivity contribution < 1.29 is 4.39 Å². The normalized spacial score (nSPS) is 12.0. The molecule has 74 valence electrons. The molecule has 13 heavy (non-hydrogen) atoms. The Balaban J connectivity index is 0.00000144. The van der Waals surface area contributed by atoms with Gasteiger partial charge in [-0.1, -0.05) is 12.1 Å². The third-order valence-corrected chi connectivity index (χ3v) is 1.81. The molecule has 1 atom stereocenters. The van der Waals surface area contributed by atoms with E-state index in [2.05, 4.69) is 0 Å². The van der Waals surface area contributed by atoms with Crippen molar-refractivity contribution in [2.24, 2.45) is 11.5 Å². The van der Waals surface area contributed by atoms with Crippen LogP contribution in [-0.4, -0.2) is 6.54 Å². The molecule has 0 aromatic heterocycles. The Bertz CT molecular complexity index is 278. The molecule has 1 aromatic carbocycles. The number of hydrogen-bond acceptors (Lipinski definition) is 2. The predicted octanol–water partition coefficient (Wildman–Crippen LogP) is 1.51. The average Bonchev–Trinajstić information content (AvgIpc) is 2.03. The Hall–Kier alpha value is -0.640. The number of nitrogens with two attached hydrogens (primary N) is 2. The molecule has 4 heteroatoms. The van der Waals surface area contributed by atoms with E-state index in [1.54, 1.807) is 6.07 Å². The van der Waals surface area contributed by atoms with Gasteiger partial charge in [0.05, 0.1) is 0 Å². The van der Waals surface area contributed by atoms with Gasteiger partial charge in [-0.3, -0.25) is 0 Å². The van der Waals surface area contributed by atoms with Crippen LogP contribution in [0.25, 0.3) is 0 Å². The van der Waals surface area contributed by atoms with Crippen molar-refractivity contribution in [3.05, 3.63) is 35.1 Å². The van der Waals surface area contributed by atoms with E-state index in [-0.39, 0.29) is 24.8 Å². The molecular formula is C9H14ClFN2. The Kier molecular flexibility index (Phi) is 4.91. The zero-order chi connectivity index (χ0) is 9.14. The minimum absolute atomic E-state index is 0. The van der Waals surface area contributed by atoms with Crippen LogP contribution in [0.4, 0.5) is 4.39 Å². The van der Waals surface area contributed by atoms with Gasteiger partial charge in [0.1, 0.15) is 5.82 Å². The van der Waals surface area contributed by atoms with E-state index in [0.717, 1.165) is 5.56 Å². The summed E-state index contributed by atoms with van der Waals surface area (Å²) in [4.78, 5) is 0. The highest BCUT2D eigenvalue weighted by molar-refractivity contribution is 5.85. The highest BCUT2D eigenvalue weighted by Crippen LogP contribution is 2.15. The molecule has 0 unspecified atom stereocenters. The monoisotopic (exact) mass is 204 g/mol. The summed E-state index contributed by atoms with van der Waals surface area (Å²) in [6, 6.07) is 4.58. The maximum absolute atomic E-state index is 13.2. The number of benzene rings is 1. The number of halogens is 2. The van der Waals surface area contributed by atoms with Crippen LogP contribution in [0.3, 0.4) is 0 Å². The SMILES string of the molecule is Cc1ccc([C@@H](N)CN)c(F)c1.Cl. The molecule has 4 N–H and O–H groups in total. The van der Waals surface area contributed by atoms with Crippen LogP contribution in [0.2, 0.25) is 0 Å². The molecular weight excluding hydrogens is 191 g/mol. The van der Waals surface area contributed by atoms with E-state index >= 15 is 0 Å². The van der Waals surface area contributed by atoms with Crippen molar-refractivity contribution in [1.29, 1.82) is 0 Å². The topological polar surface area (TPSA) is 52.0 Å². The molecule has 1 aromatic rings. The molecule has 0 bridgehead atoms. The largest absolute Gasteiger partial charge is 0.329 e. The predicted molar refractivity (Wildman–Crippen MR) is 54.4 cm³/mol. The van der Waals surface area contributed by atoms with Crippen molar-refractivity contribution in [3.63, 3.8) is 0 Å². The molecule has 0 aliphatic carbocycles. The van der Waals surface area contributed by atoms with Crippen LogP contribution in [0.15, 0.2) is 18.2 Å². The van der Waals surface area contributed by atoms with Gasteiger partial charge >= 0.3 is 0 Å². The Labute approximate surface area is 83.5 Å². The Morgan fingerprint density at radius 2 is 2.08 bits per heavy atom. The molecule has 0 amide bonds. The Morgan fingerprint density at radius 1 is 1.46 bits per heavy atom. The second-order valence-corrected chi connectivity index (χ2v) is 2.87. The Morgan fingerprint density at radius 3 is 2.54 bits per heavy atom. The molecule has 0 aliphatic rings. The molecule has 0 heterocycles. The van der Waals surface area contributed by atoms with E-state index in [4.69, 9.17) is 11.5 Å². The molecule has 0 radical (unpaired) electrons. The van der Waals surface area contributed by atoms with Gasteiger partial charge in [-0.2, -0.15) is 0 Å². The van der Waals surface area contributed by atoms with Crippen molar-refractivity contribution in [2.45, 2.75) is 13.0 Å². The van der Waals surface area contributed by atoms with E-state index in [9.17, 15) is 4.39 Å². The second kappa shape index (κ2) is 5.17. The third-order valence-electron chi connectivity index (χ3n) is 1.81. The molecule has 0 saturated heterocycles. The van der Waals surface area contributed by atoms with Crippen molar-refractivity contribution >= 4 is 12.4 Å². The van der Waals surface area contributed by atoms with Crippen LogP contribution in [0.1, 0.15) is 17.2 Å². The van der Waals surface area contributed by atoms with Crippen molar-refractivity contribution in [3.8, 4) is 0 Å². The fourth-order valence-electron chi connectivity index (χ4n) is 1.06. The average molecular weight is 205 g/mol. The van der Waals surface area contributed by atoms with E-state index in [1.807, 2.05) is 13.0 Å². The number of hydrogen-bond donors (Lipinski definition) is 2. The summed E-state index contributed by atoms with van der Waals surface area (Å²) in [5.41, 5.74) is 12.3. The number of aryl methyl sites for hydroxylation is 1. The van der Waals surface area contributed by atoms with Crippen LogP contribution in [0.5, 0.6) is 0 Å². The van der Waals surface area contributed by atoms with Gasteiger partial charge in [0.2, 0.25) is 0 Å². The van der Waals surface area contributed by atoms with Gasteiger partial charge in [-0.05, 0) is 18.6 Å². The lowest BCUT2D eigenvalue weighted by molar-refractivity contribution is 0.583. The fourth-order valence-corrected chi connectivity index (χ4v) is 1.06. The molecule has 0 spiro atoms. The first kappa shape index (κ1) is 12.4. The minimum atomic E-state index is -0.398. The summed E-state index contributed by atoms with van der Waals surface area (Å²) in [7, 11) is 0. The molecule has 0 fully saturated rings. The standard InChI is InChI=1S/C9H13FN2.ClH/c1-6-2-3-7(8(10)4-6)9(12)5-11;/h2-4,9H,5,11-12H2,1H3;1H/t9-;/m0./s1. The van der Waals surface area contributed by atoms with Gasteiger partial charge in [0.15, 0.2) is 0 Å². The summed E-state index contributed by atoms with van der Waals surface area (Å²) in [6.45, 7) is 2.10. The van der Waals surface area contributed by atoms with Crippen LogP contribution in [0, 0.1) is 12.7 Å². The molecule has 1 rings (SSSR count). The van der Waals surface area contributed by atoms with Gasteiger partial charge in [0.25, 0.3) is 0 Å². The third kappa shape index (κ3) is 2.95. The second-order valence-electron chi connectivity index (χ2n) is 2.87. The molecule has 2 nitrogen and oxygen atoms in total. The summed E-state index contributed by atoms with van der Waals surface area (Å²) in [5.74, 6) is -0.270. The molecule has 0 aliphatic heterocycles. The smallest absolute Gasteiger partial charge is 0.128 e. The van der Waals surface area contributed by atoms with Gasteiger partial charge < -0.3 is 11.5 Å². The maximum Gasteiger partial charge on any atom is 0.128 e. The number of rotatable bonds is 2. The lowest BCUT2D eigenvalue weighted by Crippen LogP contribution is -2.21. The van der Waals surface area contributed by atoms with E-state index < -0.39 is 6.04 Å². The summed E-state index contributed by atoms with van der Waals surface area (Å²) < 4.78 is 13.2. The molecule has 0 saturated carbocycles. The van der Waals surface area contributed by atoms with E-state index in [0.29, 0.717) is 5.56 Å². The van der Waals surface area contributed by atoms with Crippen molar-refractivity contribution in [2.75, 3.05) is 6.54 Å². The highest BCUT2D eigenvalue weighted by Gasteiger charge is 2.08. The van der Waals surface area contributed by atoms with Gasteiger partial charge in [-0.25, -0.2) is 4.39 Å². The first-order valence-corrected chi connectivity index (χ1v) is 3.87. The maximum atomic E-state index is 13.2. The van der Waals surface area contributed by atoms with Crippen LogP contribution < -0.4 is 11.5 Å². The lowest BCUT2D eigenvalue weighted by Gasteiger charge is -2.10. The quantitative estimate of drug-likeness (QED) is 0.768. The summed E-state index contributed by atoms with van der Waals surface area (Å²) in [6.07, 6.45) is 0. The van der Waals surface area contributed by atoms with Crippen LogP contribution >= 0.6 is 12.4 Å². The first-order valence-electron chi connectivity index (χ1n) is 3.87. The fraction of sp³-hybridized carbons (Fsp3) is 0.333. The first-order chi connectivity index (χ1) is 5.65. The summed E-state index contributed by atoms with van der Waals surface area (Å²) in [5, 5.41) is 0. The lowest BCUT2D eigenvalue weighted by atomic mass is 10.1. The highest BCUT2D eigenvalue weighted by atomic mass is 35.5. The van der Waals surface area contributed by atoms with Gasteiger partial charge in [0, 0.05) is 18.2 Å². The minimum Gasteiger partial charge on any atom is -0.329 e. The van der Waals surface area contributed by atoms with Crippen molar-refractivity contribution in [1.82, 2.24) is 0 Å². The zero-order valence-electron chi connectivity index (χ0n) is 7.46. The van der Waals surface area contributed by atoms with E-state index in [1.165, 1.54) is 6.07 Å². The van der Waals surface area contributed by atoms with Crippen LogP contribution in [-0.2, 0) is 0 Å². The zero-order valence-corrected chi connectivity index (χ0v) is 8.27. The van der Waals surface area contributed by atoms with Gasteiger partial charge in [-0.15, -0.1) is 12.4 Å².